The molecule has 12 heteroatoms. The number of hydrogen-bond donors (Lipinski definition) is 4. The van der Waals surface area contributed by atoms with Crippen LogP contribution < -0.4 is 10.6 Å². The minimum absolute atomic E-state index is 0.0734. The van der Waals surface area contributed by atoms with Crippen LogP contribution in [0.5, 0.6) is 0 Å². The molecule has 0 radical (unpaired) electrons. The zero-order valence-corrected chi connectivity index (χ0v) is 25.9. The number of benzene rings is 1. The molecule has 1 amide bonds. The van der Waals surface area contributed by atoms with Gasteiger partial charge in [-0.1, -0.05) is 20.8 Å². The summed E-state index contributed by atoms with van der Waals surface area (Å²) in [7, 11) is 3.98. The number of nitrogens with one attached hydrogen (secondary N) is 4. The Labute approximate surface area is 259 Å². The molecule has 0 fully saturated rings. The standard InChI is InChI=1S/C33H35FN10O/c1-33(2,3)15-28(45)39-23-12-20(16-35-17-23)26-14-24-27(18-38-26)42-43-30(24)32-40-25-6-7-37-29(31(25)41-32)19-10-21(34)13-22(11-19)36-8-9-44(4)5/h6-7,10-14,16-18,36H,8-9,15H2,1-5H3,(H,39,45)(H,40,41)(H,42,43). The predicted octanol–water partition coefficient (Wildman–Crippen LogP) is 6.11. The van der Waals surface area contributed by atoms with Crippen LogP contribution in [-0.4, -0.2) is 73.1 Å². The number of carbonyl (C=O) groups is 1. The van der Waals surface area contributed by atoms with Crippen LogP contribution in [0.4, 0.5) is 15.8 Å². The zero-order chi connectivity index (χ0) is 31.7. The number of anilines is 2. The van der Waals surface area contributed by atoms with Crippen molar-refractivity contribution in [3.05, 3.63) is 67.0 Å². The lowest BCUT2D eigenvalue weighted by atomic mass is 9.92. The molecular formula is C33H35FN10O. The molecule has 0 saturated heterocycles. The van der Waals surface area contributed by atoms with E-state index in [-0.39, 0.29) is 17.1 Å². The molecule has 0 saturated carbocycles. The van der Waals surface area contributed by atoms with Crippen molar-refractivity contribution in [3.8, 4) is 34.0 Å². The molecule has 6 aromatic rings. The molecule has 5 aromatic heterocycles. The lowest BCUT2D eigenvalue weighted by Gasteiger charge is -2.17. The van der Waals surface area contributed by atoms with Gasteiger partial charge in [-0.25, -0.2) is 9.37 Å². The molecule has 45 heavy (non-hydrogen) atoms. The SMILES string of the molecule is CN(C)CCNc1cc(F)cc(-c2nccc3[nH]c(-c4n[nH]c5cnc(-c6cncc(NC(=O)CC(C)(C)C)c6)cc45)nc23)c1. The Balaban J connectivity index is 1.33. The molecule has 0 atom stereocenters. The number of amides is 1. The van der Waals surface area contributed by atoms with Gasteiger partial charge in [-0.15, -0.1) is 0 Å². The number of hydrogen-bond acceptors (Lipinski definition) is 8. The van der Waals surface area contributed by atoms with Gasteiger partial charge in [0.2, 0.25) is 5.91 Å². The van der Waals surface area contributed by atoms with Crippen LogP contribution in [0.1, 0.15) is 27.2 Å². The van der Waals surface area contributed by atoms with E-state index < -0.39 is 0 Å². The fourth-order valence-electron chi connectivity index (χ4n) is 5.10. The van der Waals surface area contributed by atoms with Gasteiger partial charge in [0.25, 0.3) is 0 Å². The summed E-state index contributed by atoms with van der Waals surface area (Å²) in [5, 5.41) is 14.6. The number of imidazole rings is 1. The first-order valence-electron chi connectivity index (χ1n) is 14.7. The van der Waals surface area contributed by atoms with Gasteiger partial charge < -0.3 is 20.5 Å². The van der Waals surface area contributed by atoms with Crippen molar-refractivity contribution in [1.82, 2.24) is 40.0 Å². The molecule has 4 N–H and O–H groups in total. The lowest BCUT2D eigenvalue weighted by molar-refractivity contribution is -0.117. The molecule has 0 aliphatic carbocycles. The van der Waals surface area contributed by atoms with Crippen LogP contribution in [0, 0.1) is 11.2 Å². The third-order valence-corrected chi connectivity index (χ3v) is 7.14. The maximum atomic E-state index is 14.7. The van der Waals surface area contributed by atoms with Crippen LogP contribution in [0.3, 0.4) is 0 Å². The average Bonchev–Trinajstić information content (AvgIpc) is 3.59. The summed E-state index contributed by atoms with van der Waals surface area (Å²) in [6.07, 6.45) is 7.10. The Morgan fingerprint density at radius 1 is 0.956 bits per heavy atom. The highest BCUT2D eigenvalue weighted by molar-refractivity contribution is 5.97. The van der Waals surface area contributed by atoms with Crippen LogP contribution in [0.15, 0.2) is 61.2 Å². The monoisotopic (exact) mass is 606 g/mol. The number of H-pyrrole nitrogens is 2. The van der Waals surface area contributed by atoms with Crippen molar-refractivity contribution in [2.75, 3.05) is 37.8 Å². The smallest absolute Gasteiger partial charge is 0.224 e. The molecule has 0 bridgehead atoms. The number of nitrogens with zero attached hydrogens (tertiary/aromatic N) is 6. The third-order valence-electron chi connectivity index (χ3n) is 7.14. The number of rotatable bonds is 9. The fourth-order valence-corrected chi connectivity index (χ4v) is 5.10. The van der Waals surface area contributed by atoms with Crippen molar-refractivity contribution in [3.63, 3.8) is 0 Å². The Hall–Kier alpha value is -5.23. The molecular weight excluding hydrogens is 571 g/mol. The van der Waals surface area contributed by atoms with E-state index in [1.165, 1.54) is 12.1 Å². The summed E-state index contributed by atoms with van der Waals surface area (Å²) < 4.78 is 14.7. The lowest BCUT2D eigenvalue weighted by Crippen LogP contribution is -2.20. The van der Waals surface area contributed by atoms with E-state index >= 15 is 0 Å². The molecule has 5 heterocycles. The number of halogens is 1. The highest BCUT2D eigenvalue weighted by atomic mass is 19.1. The van der Waals surface area contributed by atoms with Gasteiger partial charge in [0.05, 0.1) is 40.5 Å². The van der Waals surface area contributed by atoms with Gasteiger partial charge in [-0.2, -0.15) is 5.10 Å². The van der Waals surface area contributed by atoms with Gasteiger partial charge >= 0.3 is 0 Å². The first-order chi connectivity index (χ1) is 21.5. The first-order valence-corrected chi connectivity index (χ1v) is 14.7. The van der Waals surface area contributed by atoms with Crippen LogP contribution in [-0.2, 0) is 4.79 Å². The van der Waals surface area contributed by atoms with E-state index in [9.17, 15) is 9.18 Å². The Morgan fingerprint density at radius 2 is 1.78 bits per heavy atom. The normalized spacial score (nSPS) is 11.9. The summed E-state index contributed by atoms with van der Waals surface area (Å²) >= 11 is 0. The number of carbonyl (C=O) groups excluding carboxylic acids is 1. The fraction of sp³-hybridized carbons (Fsp3) is 0.273. The number of aromatic amines is 2. The van der Waals surface area contributed by atoms with E-state index in [2.05, 4.69) is 45.7 Å². The Bertz CT molecular complexity index is 2010. The number of likely N-dealkylation sites (N-methyl/N-ethyl adjacent to an activating group) is 1. The number of pyridine rings is 3. The van der Waals surface area contributed by atoms with Crippen molar-refractivity contribution in [1.29, 1.82) is 0 Å². The van der Waals surface area contributed by atoms with Crippen molar-refractivity contribution in [2.24, 2.45) is 5.41 Å². The van der Waals surface area contributed by atoms with E-state index in [1.807, 2.05) is 59.1 Å². The second-order valence-corrected chi connectivity index (χ2v) is 12.5. The topological polar surface area (TPSA) is 140 Å². The zero-order valence-electron chi connectivity index (χ0n) is 25.9. The Morgan fingerprint density at radius 3 is 2.58 bits per heavy atom. The summed E-state index contributed by atoms with van der Waals surface area (Å²) in [5.74, 6) is 0.0977. The van der Waals surface area contributed by atoms with Gasteiger partial charge in [0.15, 0.2) is 5.82 Å². The molecule has 230 valence electrons. The maximum Gasteiger partial charge on any atom is 0.224 e. The molecule has 0 unspecified atom stereocenters. The van der Waals surface area contributed by atoms with Crippen molar-refractivity contribution < 1.29 is 9.18 Å². The predicted molar refractivity (Wildman–Crippen MR) is 175 cm³/mol. The summed E-state index contributed by atoms with van der Waals surface area (Å²) in [6.45, 7) is 7.55. The van der Waals surface area contributed by atoms with E-state index in [0.29, 0.717) is 58.3 Å². The highest BCUT2D eigenvalue weighted by Crippen LogP contribution is 2.33. The van der Waals surface area contributed by atoms with E-state index in [1.54, 1.807) is 24.8 Å². The summed E-state index contributed by atoms with van der Waals surface area (Å²) in [6, 6.07) is 10.4. The van der Waals surface area contributed by atoms with E-state index in [0.717, 1.165) is 28.5 Å². The minimum Gasteiger partial charge on any atom is -0.384 e. The van der Waals surface area contributed by atoms with Gasteiger partial charge in [-0.05, 0) is 55.9 Å². The summed E-state index contributed by atoms with van der Waals surface area (Å²) in [4.78, 5) is 36.3. The van der Waals surface area contributed by atoms with E-state index in [4.69, 9.17) is 4.98 Å². The van der Waals surface area contributed by atoms with Crippen molar-refractivity contribution in [2.45, 2.75) is 27.2 Å². The number of fused-ring (bicyclic) bond motifs is 2. The van der Waals surface area contributed by atoms with Gasteiger partial charge in [0, 0.05) is 54.1 Å². The quantitative estimate of drug-likeness (QED) is 0.155. The maximum absolute atomic E-state index is 14.7. The van der Waals surface area contributed by atoms with Crippen LogP contribution in [0.25, 0.3) is 56.0 Å². The second-order valence-electron chi connectivity index (χ2n) is 12.5. The van der Waals surface area contributed by atoms with Gasteiger partial charge in [0.1, 0.15) is 17.0 Å². The second kappa shape index (κ2) is 12.0. The molecule has 0 aliphatic heterocycles. The largest absolute Gasteiger partial charge is 0.384 e. The van der Waals surface area contributed by atoms with Crippen molar-refractivity contribution >= 4 is 39.2 Å². The van der Waals surface area contributed by atoms with Gasteiger partial charge in [-0.3, -0.25) is 24.8 Å². The van der Waals surface area contributed by atoms with Crippen LogP contribution in [0.2, 0.25) is 0 Å². The molecule has 6 rings (SSSR count). The minimum atomic E-state index is -0.361. The average molecular weight is 607 g/mol. The molecule has 0 aliphatic rings. The van der Waals surface area contributed by atoms with Crippen LogP contribution >= 0.6 is 0 Å². The number of aromatic nitrogens is 7. The Kier molecular flexibility index (Phi) is 7.98. The molecule has 1 aromatic carbocycles. The molecule has 0 spiro atoms. The first kappa shape index (κ1) is 29.8. The molecule has 11 nitrogen and oxygen atoms in total. The highest BCUT2D eigenvalue weighted by Gasteiger charge is 2.19. The summed E-state index contributed by atoms with van der Waals surface area (Å²) in [5.41, 5.74) is 6.41. The third kappa shape index (κ3) is 6.80.